The van der Waals surface area contributed by atoms with Crippen LogP contribution in [0.2, 0.25) is 5.02 Å². The van der Waals surface area contributed by atoms with Crippen molar-refractivity contribution in [3.05, 3.63) is 38.5 Å². The molecule has 0 aliphatic heterocycles. The molecule has 1 aromatic carbocycles. The van der Waals surface area contributed by atoms with E-state index in [1.807, 2.05) is 0 Å². The maximum Gasteiger partial charge on any atom is 0.133 e. The molecule has 2 aromatic rings. The van der Waals surface area contributed by atoms with Crippen LogP contribution in [0, 0.1) is 5.82 Å². The molecule has 0 saturated carbocycles. The Hall–Kier alpha value is -0.490. The molecule has 0 radical (unpaired) electrons. The van der Waals surface area contributed by atoms with Gasteiger partial charge in [-0.1, -0.05) is 11.6 Å². The minimum atomic E-state index is -0.355. The number of nitrogens with zero attached hydrogens (tertiary/aromatic N) is 1. The van der Waals surface area contributed by atoms with Gasteiger partial charge in [0.05, 0.1) is 0 Å². The van der Waals surface area contributed by atoms with E-state index in [-0.39, 0.29) is 12.4 Å². The molecule has 2 nitrogen and oxygen atoms in total. The third-order valence-corrected chi connectivity index (χ3v) is 4.45. The minimum Gasteiger partial charge on any atom is -0.396 e. The molecule has 0 fully saturated rings. The van der Waals surface area contributed by atoms with Gasteiger partial charge in [0.15, 0.2) is 0 Å². The standard InChI is InChI=1S/C11H8BrClFNOS/c12-10-9(3-4-16)17-11(15-10)7-5-6(13)1-2-8(7)14/h1-2,5,16H,3-4H2. The highest BCUT2D eigenvalue weighted by Gasteiger charge is 2.13. The van der Waals surface area contributed by atoms with Crippen LogP contribution >= 0.6 is 38.9 Å². The van der Waals surface area contributed by atoms with Gasteiger partial charge in [0.25, 0.3) is 0 Å². The number of benzene rings is 1. The molecule has 1 heterocycles. The van der Waals surface area contributed by atoms with Gasteiger partial charge in [0.1, 0.15) is 15.4 Å². The summed E-state index contributed by atoms with van der Waals surface area (Å²) in [5.74, 6) is -0.355. The number of hydrogen-bond donors (Lipinski definition) is 1. The van der Waals surface area contributed by atoms with Crippen molar-refractivity contribution in [3.63, 3.8) is 0 Å². The van der Waals surface area contributed by atoms with Gasteiger partial charge >= 0.3 is 0 Å². The van der Waals surface area contributed by atoms with Crippen LogP contribution in [-0.2, 0) is 6.42 Å². The molecule has 1 N–H and O–H groups in total. The Morgan fingerprint density at radius 2 is 2.24 bits per heavy atom. The highest BCUT2D eigenvalue weighted by Crippen LogP contribution is 2.33. The molecule has 0 bridgehead atoms. The van der Waals surface area contributed by atoms with Crippen LogP contribution in [0.3, 0.4) is 0 Å². The number of aliphatic hydroxyl groups is 1. The lowest BCUT2D eigenvalue weighted by atomic mass is 10.2. The molecule has 90 valence electrons. The van der Waals surface area contributed by atoms with E-state index in [9.17, 15) is 4.39 Å². The number of thiazole rings is 1. The zero-order chi connectivity index (χ0) is 12.4. The van der Waals surface area contributed by atoms with Crippen LogP contribution in [0.5, 0.6) is 0 Å². The number of rotatable bonds is 3. The first-order valence-corrected chi connectivity index (χ1v) is 6.82. The maximum atomic E-state index is 13.6. The van der Waals surface area contributed by atoms with Crippen molar-refractivity contribution < 1.29 is 9.50 Å². The summed E-state index contributed by atoms with van der Waals surface area (Å²) in [4.78, 5) is 5.12. The van der Waals surface area contributed by atoms with Gasteiger partial charge in [-0.2, -0.15) is 0 Å². The van der Waals surface area contributed by atoms with Gasteiger partial charge in [-0.25, -0.2) is 9.37 Å². The fourth-order valence-corrected chi connectivity index (χ4v) is 3.23. The number of hydrogen-bond acceptors (Lipinski definition) is 3. The first-order chi connectivity index (χ1) is 8.11. The molecule has 1 aromatic heterocycles. The molecule has 0 atom stereocenters. The molecule has 2 rings (SSSR count). The third-order valence-electron chi connectivity index (χ3n) is 2.15. The van der Waals surface area contributed by atoms with E-state index < -0.39 is 0 Å². The predicted molar refractivity (Wildman–Crippen MR) is 71.0 cm³/mol. The molecule has 0 amide bonds. The fraction of sp³-hybridized carbons (Fsp3) is 0.182. The Balaban J connectivity index is 2.45. The second-order valence-electron chi connectivity index (χ2n) is 3.33. The van der Waals surface area contributed by atoms with Gasteiger partial charge < -0.3 is 5.11 Å². The number of aromatic nitrogens is 1. The lowest BCUT2D eigenvalue weighted by molar-refractivity contribution is 0.300. The summed E-state index contributed by atoms with van der Waals surface area (Å²) in [6.07, 6.45) is 0.500. The van der Waals surface area contributed by atoms with E-state index in [2.05, 4.69) is 20.9 Å². The summed E-state index contributed by atoms with van der Waals surface area (Å²) in [5, 5.41) is 9.91. The monoisotopic (exact) mass is 335 g/mol. The van der Waals surface area contributed by atoms with Crippen LogP contribution in [0.4, 0.5) is 4.39 Å². The van der Waals surface area contributed by atoms with Crippen LogP contribution < -0.4 is 0 Å². The van der Waals surface area contributed by atoms with Crippen molar-refractivity contribution in [1.29, 1.82) is 0 Å². The number of aliphatic hydroxyl groups excluding tert-OH is 1. The van der Waals surface area contributed by atoms with Crippen LogP contribution in [0.25, 0.3) is 10.6 Å². The topological polar surface area (TPSA) is 33.1 Å². The van der Waals surface area contributed by atoms with Crippen molar-refractivity contribution in [3.8, 4) is 10.6 Å². The average molecular weight is 337 g/mol. The largest absolute Gasteiger partial charge is 0.396 e. The van der Waals surface area contributed by atoms with E-state index in [0.717, 1.165) is 4.88 Å². The summed E-state index contributed by atoms with van der Waals surface area (Å²) in [6.45, 7) is 0.0399. The van der Waals surface area contributed by atoms with Crippen molar-refractivity contribution in [2.45, 2.75) is 6.42 Å². The lowest BCUT2D eigenvalue weighted by Gasteiger charge is -1.99. The van der Waals surface area contributed by atoms with E-state index in [4.69, 9.17) is 16.7 Å². The van der Waals surface area contributed by atoms with Crippen molar-refractivity contribution in [2.24, 2.45) is 0 Å². The predicted octanol–water partition coefficient (Wildman–Crippen LogP) is 3.90. The summed E-state index contributed by atoms with van der Waals surface area (Å²) >= 11 is 10.5. The summed E-state index contributed by atoms with van der Waals surface area (Å²) in [6, 6.07) is 4.36. The van der Waals surface area contributed by atoms with Crippen LogP contribution in [-0.4, -0.2) is 16.7 Å². The molecule has 0 aliphatic carbocycles. The Morgan fingerprint density at radius 1 is 1.47 bits per heavy atom. The lowest BCUT2D eigenvalue weighted by Crippen LogP contribution is -1.86. The fourth-order valence-electron chi connectivity index (χ4n) is 1.37. The normalized spacial score (nSPS) is 10.8. The van der Waals surface area contributed by atoms with E-state index in [1.54, 1.807) is 6.07 Å². The maximum absolute atomic E-state index is 13.6. The Kier molecular flexibility index (Phi) is 4.14. The van der Waals surface area contributed by atoms with Crippen LogP contribution in [0.1, 0.15) is 4.88 Å². The minimum absolute atomic E-state index is 0.0399. The van der Waals surface area contributed by atoms with Gasteiger partial charge in [-0.05, 0) is 34.1 Å². The second kappa shape index (κ2) is 5.44. The van der Waals surface area contributed by atoms with E-state index >= 15 is 0 Å². The van der Waals surface area contributed by atoms with Gasteiger partial charge in [0.2, 0.25) is 0 Å². The van der Waals surface area contributed by atoms with Crippen LogP contribution in [0.15, 0.2) is 22.8 Å². The molecular formula is C11H8BrClFNOS. The summed E-state index contributed by atoms with van der Waals surface area (Å²) < 4.78 is 14.3. The second-order valence-corrected chi connectivity index (χ2v) is 5.60. The smallest absolute Gasteiger partial charge is 0.133 e. The SMILES string of the molecule is OCCc1sc(-c2cc(Cl)ccc2F)nc1Br. The quantitative estimate of drug-likeness (QED) is 0.922. The molecule has 0 unspecified atom stereocenters. The van der Waals surface area contributed by atoms with Gasteiger partial charge in [-0.3, -0.25) is 0 Å². The zero-order valence-electron chi connectivity index (χ0n) is 8.58. The molecule has 17 heavy (non-hydrogen) atoms. The Labute approximate surface area is 115 Å². The highest BCUT2D eigenvalue weighted by molar-refractivity contribution is 9.10. The molecule has 6 heteroatoms. The van der Waals surface area contributed by atoms with Crippen molar-refractivity contribution in [2.75, 3.05) is 6.61 Å². The molecular weight excluding hydrogens is 329 g/mol. The Bertz CT molecular complexity index is 546. The highest BCUT2D eigenvalue weighted by atomic mass is 79.9. The zero-order valence-corrected chi connectivity index (χ0v) is 11.7. The summed E-state index contributed by atoms with van der Waals surface area (Å²) in [5.41, 5.74) is 0.382. The van der Waals surface area contributed by atoms with Gasteiger partial charge in [-0.15, -0.1) is 11.3 Å². The van der Waals surface area contributed by atoms with Crippen molar-refractivity contribution >= 4 is 38.9 Å². The summed E-state index contributed by atoms with van der Waals surface area (Å²) in [7, 11) is 0. The van der Waals surface area contributed by atoms with E-state index in [0.29, 0.717) is 26.6 Å². The first-order valence-electron chi connectivity index (χ1n) is 4.83. The first kappa shape index (κ1) is 13.0. The number of halogens is 3. The average Bonchev–Trinajstić information content (AvgIpc) is 2.64. The van der Waals surface area contributed by atoms with Gasteiger partial charge in [0, 0.05) is 28.5 Å². The third kappa shape index (κ3) is 2.85. The van der Waals surface area contributed by atoms with E-state index in [1.165, 1.54) is 23.5 Å². The molecule has 0 saturated heterocycles. The van der Waals surface area contributed by atoms with Crippen molar-refractivity contribution in [1.82, 2.24) is 4.98 Å². The molecule has 0 spiro atoms. The molecule has 0 aliphatic rings. The Morgan fingerprint density at radius 3 is 2.94 bits per heavy atom.